The van der Waals surface area contributed by atoms with Crippen LogP contribution in [0.25, 0.3) is 0 Å². The fraction of sp³-hybridized carbons (Fsp3) is 0.462. The van der Waals surface area contributed by atoms with Crippen LogP contribution in [0.4, 0.5) is 0 Å². The molecule has 0 radical (unpaired) electrons. The van der Waals surface area contributed by atoms with Crippen molar-refractivity contribution in [2.45, 2.75) is 20.0 Å². The molecule has 1 aromatic carbocycles. The number of aryl methyl sites for hydroxylation is 1. The minimum Gasteiger partial charge on any atom is -0.387 e. The first-order chi connectivity index (χ1) is 8.08. The monoisotopic (exact) mass is 236 g/mol. The van der Waals surface area contributed by atoms with Gasteiger partial charge in [-0.3, -0.25) is 4.79 Å². The van der Waals surface area contributed by atoms with E-state index in [0.29, 0.717) is 6.54 Å². The molecule has 1 rings (SSSR count). The van der Waals surface area contributed by atoms with Gasteiger partial charge in [0, 0.05) is 6.54 Å². The van der Waals surface area contributed by atoms with Gasteiger partial charge in [0.1, 0.15) is 0 Å². The maximum atomic E-state index is 11.5. The molecule has 1 unspecified atom stereocenters. The van der Waals surface area contributed by atoms with Crippen LogP contribution >= 0.6 is 0 Å². The predicted molar refractivity (Wildman–Crippen MR) is 67.4 cm³/mol. The molecule has 4 nitrogen and oxygen atoms in total. The van der Waals surface area contributed by atoms with E-state index in [0.717, 1.165) is 11.1 Å². The summed E-state index contributed by atoms with van der Waals surface area (Å²) in [6.45, 7) is 4.69. The summed E-state index contributed by atoms with van der Waals surface area (Å²) in [5.41, 5.74) is 7.27. The number of aliphatic hydroxyl groups excluding tert-OH is 1. The number of amides is 1. The second-order valence-corrected chi connectivity index (χ2v) is 4.06. The summed E-state index contributed by atoms with van der Waals surface area (Å²) >= 11 is 0. The molecule has 0 aliphatic carbocycles. The number of nitrogens with two attached hydrogens (primary N) is 1. The normalized spacial score (nSPS) is 12.2. The van der Waals surface area contributed by atoms with Gasteiger partial charge >= 0.3 is 0 Å². The van der Waals surface area contributed by atoms with Crippen molar-refractivity contribution in [2.75, 3.05) is 19.6 Å². The molecule has 0 aliphatic rings. The number of rotatable bonds is 5. The third-order valence-corrected chi connectivity index (χ3v) is 2.76. The lowest BCUT2D eigenvalue weighted by atomic mass is 10.1. The number of nitrogens with zero attached hydrogens (tertiary/aromatic N) is 1. The summed E-state index contributed by atoms with van der Waals surface area (Å²) in [6, 6.07) is 7.64. The smallest absolute Gasteiger partial charge is 0.236 e. The van der Waals surface area contributed by atoms with E-state index in [4.69, 9.17) is 5.73 Å². The van der Waals surface area contributed by atoms with Crippen molar-refractivity contribution < 1.29 is 9.90 Å². The maximum absolute atomic E-state index is 11.5. The lowest BCUT2D eigenvalue weighted by Crippen LogP contribution is -2.38. The molecule has 0 aliphatic heterocycles. The third-order valence-electron chi connectivity index (χ3n) is 2.76. The van der Waals surface area contributed by atoms with Crippen molar-refractivity contribution in [1.29, 1.82) is 0 Å². The molecular weight excluding hydrogens is 216 g/mol. The Balaban J connectivity index is 2.67. The van der Waals surface area contributed by atoms with Crippen LogP contribution in [0, 0.1) is 6.92 Å². The van der Waals surface area contributed by atoms with Gasteiger partial charge in [0.15, 0.2) is 0 Å². The lowest BCUT2D eigenvalue weighted by Gasteiger charge is -2.23. The number of hydrogen-bond donors (Lipinski definition) is 2. The highest BCUT2D eigenvalue weighted by Gasteiger charge is 2.15. The van der Waals surface area contributed by atoms with Crippen molar-refractivity contribution in [3.05, 3.63) is 35.4 Å². The molecule has 0 spiro atoms. The number of carbonyl (C=O) groups excluding carboxylic acids is 1. The van der Waals surface area contributed by atoms with Crippen LogP contribution in [0.3, 0.4) is 0 Å². The summed E-state index contributed by atoms with van der Waals surface area (Å²) in [7, 11) is 0. The molecule has 0 heterocycles. The Kier molecular flexibility index (Phi) is 5.12. The van der Waals surface area contributed by atoms with E-state index in [2.05, 4.69) is 0 Å². The topological polar surface area (TPSA) is 66.6 Å². The van der Waals surface area contributed by atoms with Crippen molar-refractivity contribution in [3.8, 4) is 0 Å². The molecule has 0 fully saturated rings. The van der Waals surface area contributed by atoms with Gasteiger partial charge in [-0.05, 0) is 19.4 Å². The fourth-order valence-electron chi connectivity index (χ4n) is 1.64. The number of carbonyl (C=O) groups is 1. The first kappa shape index (κ1) is 13.7. The Morgan fingerprint density at radius 3 is 2.47 bits per heavy atom. The maximum Gasteiger partial charge on any atom is 0.236 e. The Labute approximate surface area is 102 Å². The molecule has 17 heavy (non-hydrogen) atoms. The summed E-state index contributed by atoms with van der Waals surface area (Å²) in [4.78, 5) is 13.0. The van der Waals surface area contributed by atoms with Crippen molar-refractivity contribution >= 4 is 5.91 Å². The van der Waals surface area contributed by atoms with E-state index in [9.17, 15) is 9.90 Å². The molecule has 0 saturated carbocycles. The van der Waals surface area contributed by atoms with Gasteiger partial charge in [-0.1, -0.05) is 29.8 Å². The van der Waals surface area contributed by atoms with E-state index in [1.807, 2.05) is 38.1 Å². The van der Waals surface area contributed by atoms with Crippen LogP contribution in [0.2, 0.25) is 0 Å². The molecule has 0 bridgehead atoms. The largest absolute Gasteiger partial charge is 0.387 e. The molecule has 1 atom stereocenters. The van der Waals surface area contributed by atoms with Crippen molar-refractivity contribution in [3.63, 3.8) is 0 Å². The molecule has 0 saturated heterocycles. The SMILES string of the molecule is CCN(CC(O)c1ccc(C)cc1)C(=O)CN. The van der Waals surface area contributed by atoms with Crippen LogP contribution in [-0.4, -0.2) is 35.5 Å². The minimum absolute atomic E-state index is 0.0194. The van der Waals surface area contributed by atoms with E-state index < -0.39 is 6.10 Å². The van der Waals surface area contributed by atoms with Crippen LogP contribution in [-0.2, 0) is 4.79 Å². The molecule has 3 N–H and O–H groups in total. The van der Waals surface area contributed by atoms with Crippen LogP contribution in [0.1, 0.15) is 24.2 Å². The molecule has 0 aromatic heterocycles. The lowest BCUT2D eigenvalue weighted by molar-refractivity contribution is -0.130. The Morgan fingerprint density at radius 1 is 1.41 bits per heavy atom. The molecule has 94 valence electrons. The van der Waals surface area contributed by atoms with E-state index >= 15 is 0 Å². The van der Waals surface area contributed by atoms with Gasteiger partial charge in [-0.15, -0.1) is 0 Å². The van der Waals surface area contributed by atoms with Gasteiger partial charge in [0.05, 0.1) is 19.2 Å². The Morgan fingerprint density at radius 2 is 2.00 bits per heavy atom. The van der Waals surface area contributed by atoms with Crippen LogP contribution < -0.4 is 5.73 Å². The van der Waals surface area contributed by atoms with Gasteiger partial charge < -0.3 is 15.7 Å². The second-order valence-electron chi connectivity index (χ2n) is 4.06. The highest BCUT2D eigenvalue weighted by molar-refractivity contribution is 5.78. The van der Waals surface area contributed by atoms with Crippen LogP contribution in [0.5, 0.6) is 0 Å². The number of aliphatic hydroxyl groups is 1. The average molecular weight is 236 g/mol. The van der Waals surface area contributed by atoms with Crippen molar-refractivity contribution in [2.24, 2.45) is 5.73 Å². The third kappa shape index (κ3) is 3.84. The van der Waals surface area contributed by atoms with Gasteiger partial charge in [0.25, 0.3) is 0 Å². The zero-order valence-corrected chi connectivity index (χ0v) is 10.4. The molecular formula is C13H20N2O2. The number of benzene rings is 1. The van der Waals surface area contributed by atoms with Gasteiger partial charge in [-0.25, -0.2) is 0 Å². The second kappa shape index (κ2) is 6.37. The van der Waals surface area contributed by atoms with Gasteiger partial charge in [-0.2, -0.15) is 0 Å². The van der Waals surface area contributed by atoms with E-state index in [-0.39, 0.29) is 19.0 Å². The summed E-state index contributed by atoms with van der Waals surface area (Å²) in [5, 5.41) is 10.0. The molecule has 1 amide bonds. The highest BCUT2D eigenvalue weighted by Crippen LogP contribution is 2.15. The quantitative estimate of drug-likeness (QED) is 0.796. The first-order valence-electron chi connectivity index (χ1n) is 5.81. The molecule has 1 aromatic rings. The average Bonchev–Trinajstić information content (AvgIpc) is 2.35. The van der Waals surface area contributed by atoms with Crippen LogP contribution in [0.15, 0.2) is 24.3 Å². The number of likely N-dealkylation sites (N-methyl/N-ethyl adjacent to an activating group) is 1. The first-order valence-corrected chi connectivity index (χ1v) is 5.81. The minimum atomic E-state index is -0.661. The standard InChI is InChI=1S/C13H20N2O2/c1-3-15(13(17)8-14)9-12(16)11-6-4-10(2)5-7-11/h4-7,12,16H,3,8-9,14H2,1-2H3. The Hall–Kier alpha value is -1.39. The van der Waals surface area contributed by atoms with E-state index in [1.165, 1.54) is 0 Å². The zero-order valence-electron chi connectivity index (χ0n) is 10.4. The van der Waals surface area contributed by atoms with Gasteiger partial charge in [0.2, 0.25) is 5.91 Å². The van der Waals surface area contributed by atoms with E-state index in [1.54, 1.807) is 4.90 Å². The number of hydrogen-bond acceptors (Lipinski definition) is 3. The summed E-state index contributed by atoms with van der Waals surface area (Å²) in [5.74, 6) is -0.140. The zero-order chi connectivity index (χ0) is 12.8. The highest BCUT2D eigenvalue weighted by atomic mass is 16.3. The molecule has 4 heteroatoms. The Bertz CT molecular complexity index is 362. The summed E-state index contributed by atoms with van der Waals surface area (Å²) in [6.07, 6.45) is -0.661. The summed E-state index contributed by atoms with van der Waals surface area (Å²) < 4.78 is 0. The predicted octanol–water partition coefficient (Wildman–Crippen LogP) is 0.836. The van der Waals surface area contributed by atoms with Crippen molar-refractivity contribution in [1.82, 2.24) is 4.90 Å². The fourth-order valence-corrected chi connectivity index (χ4v) is 1.64.